The van der Waals surface area contributed by atoms with Gasteiger partial charge in [0, 0.05) is 29.9 Å². The van der Waals surface area contributed by atoms with Crippen LogP contribution in [0.25, 0.3) is 10.8 Å². The Hall–Kier alpha value is -1.61. The van der Waals surface area contributed by atoms with Gasteiger partial charge in [0.2, 0.25) is 0 Å². The van der Waals surface area contributed by atoms with E-state index in [0.717, 1.165) is 17.8 Å². The molecule has 3 nitrogen and oxygen atoms in total. The van der Waals surface area contributed by atoms with Gasteiger partial charge in [-0.1, -0.05) is 0 Å². The molecule has 0 spiro atoms. The molecule has 0 atom stereocenters. The third-order valence-electron chi connectivity index (χ3n) is 4.64. The summed E-state index contributed by atoms with van der Waals surface area (Å²) in [5.41, 5.74) is 0. The number of hydrogen-bond acceptors (Lipinski definition) is 3. The fourth-order valence-electron chi connectivity index (χ4n) is 3.26. The number of nitrogens with one attached hydrogen (secondary N) is 1. The molecule has 0 aliphatic heterocycles. The Labute approximate surface area is 125 Å². The number of benzene rings is 1. The van der Waals surface area contributed by atoms with Crippen molar-refractivity contribution in [2.45, 2.75) is 56.7 Å². The molecule has 2 aliphatic rings. The second kappa shape index (κ2) is 5.64. The molecule has 2 aliphatic carbocycles. The van der Waals surface area contributed by atoms with Crippen molar-refractivity contribution in [3.63, 3.8) is 0 Å². The molecule has 1 aromatic carbocycles. The molecule has 0 unspecified atom stereocenters. The third kappa shape index (κ3) is 3.18. The Bertz CT molecular complexity index is 615. The molecule has 2 fully saturated rings. The second-order valence-electron chi connectivity index (χ2n) is 6.42. The van der Waals surface area contributed by atoms with E-state index < -0.39 is 0 Å². The minimum atomic E-state index is 0.376. The van der Waals surface area contributed by atoms with E-state index in [0.29, 0.717) is 6.10 Å². The molecule has 2 saturated carbocycles. The molecule has 0 saturated heterocycles. The summed E-state index contributed by atoms with van der Waals surface area (Å²) >= 11 is 0. The van der Waals surface area contributed by atoms with Gasteiger partial charge in [-0.25, -0.2) is 0 Å². The van der Waals surface area contributed by atoms with Gasteiger partial charge in [-0.3, -0.25) is 4.98 Å². The Morgan fingerprint density at radius 2 is 1.67 bits per heavy atom. The molecule has 3 heteroatoms. The van der Waals surface area contributed by atoms with E-state index >= 15 is 0 Å². The number of rotatable bonds is 4. The highest BCUT2D eigenvalue weighted by molar-refractivity contribution is 5.82. The zero-order valence-electron chi connectivity index (χ0n) is 12.3. The van der Waals surface area contributed by atoms with Gasteiger partial charge >= 0.3 is 0 Å². The van der Waals surface area contributed by atoms with Crippen LogP contribution in [-0.4, -0.2) is 23.2 Å². The lowest BCUT2D eigenvalue weighted by Crippen LogP contribution is -2.37. The molecule has 21 heavy (non-hydrogen) atoms. The molecule has 1 aromatic heterocycles. The van der Waals surface area contributed by atoms with Crippen molar-refractivity contribution in [2.24, 2.45) is 0 Å². The highest BCUT2D eigenvalue weighted by Crippen LogP contribution is 2.28. The summed E-state index contributed by atoms with van der Waals surface area (Å²) in [5.74, 6) is 0.993. The maximum Gasteiger partial charge on any atom is 0.120 e. The number of ether oxygens (including phenoxy) is 1. The molecule has 0 bridgehead atoms. The van der Waals surface area contributed by atoms with Crippen molar-refractivity contribution < 1.29 is 4.74 Å². The van der Waals surface area contributed by atoms with Gasteiger partial charge in [-0.2, -0.15) is 0 Å². The molecule has 110 valence electrons. The van der Waals surface area contributed by atoms with E-state index in [2.05, 4.69) is 28.5 Å². The Morgan fingerprint density at radius 1 is 0.905 bits per heavy atom. The summed E-state index contributed by atoms with van der Waals surface area (Å²) in [6.45, 7) is 0. The van der Waals surface area contributed by atoms with Gasteiger partial charge in [0.1, 0.15) is 5.75 Å². The van der Waals surface area contributed by atoms with E-state index in [4.69, 9.17) is 4.74 Å². The molecule has 0 radical (unpaired) electrons. The van der Waals surface area contributed by atoms with Crippen LogP contribution in [0.4, 0.5) is 0 Å². The van der Waals surface area contributed by atoms with Crippen LogP contribution in [0, 0.1) is 0 Å². The van der Waals surface area contributed by atoms with E-state index in [1.807, 2.05) is 18.5 Å². The maximum atomic E-state index is 6.18. The number of pyridine rings is 1. The lowest BCUT2D eigenvalue weighted by atomic mass is 9.93. The van der Waals surface area contributed by atoms with Gasteiger partial charge in [0.15, 0.2) is 0 Å². The Balaban J connectivity index is 1.36. The zero-order chi connectivity index (χ0) is 14.1. The topological polar surface area (TPSA) is 34.1 Å². The predicted octanol–water partition coefficient (Wildman–Crippen LogP) is 3.68. The molecule has 0 amide bonds. The van der Waals surface area contributed by atoms with E-state index in [-0.39, 0.29) is 0 Å². The smallest absolute Gasteiger partial charge is 0.120 e. The van der Waals surface area contributed by atoms with Crippen LogP contribution >= 0.6 is 0 Å². The van der Waals surface area contributed by atoms with E-state index in [1.54, 1.807) is 0 Å². The number of fused-ring (bicyclic) bond motifs is 1. The Kier molecular flexibility index (Phi) is 3.52. The fraction of sp³-hybridized carbons (Fsp3) is 0.500. The van der Waals surface area contributed by atoms with Crippen LogP contribution in [0.1, 0.15) is 38.5 Å². The molecule has 2 aromatic rings. The normalized spacial score (nSPS) is 25.9. The summed E-state index contributed by atoms with van der Waals surface area (Å²) < 4.78 is 6.18. The van der Waals surface area contributed by atoms with Gasteiger partial charge in [0.25, 0.3) is 0 Å². The van der Waals surface area contributed by atoms with Crippen LogP contribution in [0.15, 0.2) is 36.7 Å². The highest BCUT2D eigenvalue weighted by atomic mass is 16.5. The summed E-state index contributed by atoms with van der Waals surface area (Å²) in [6.07, 6.45) is 11.7. The van der Waals surface area contributed by atoms with Crippen molar-refractivity contribution in [1.82, 2.24) is 10.3 Å². The van der Waals surface area contributed by atoms with Crippen molar-refractivity contribution in [3.05, 3.63) is 36.7 Å². The summed E-state index contributed by atoms with van der Waals surface area (Å²) in [5, 5.41) is 6.11. The third-order valence-corrected chi connectivity index (χ3v) is 4.64. The molecule has 1 heterocycles. The predicted molar refractivity (Wildman–Crippen MR) is 84.6 cm³/mol. The van der Waals surface area contributed by atoms with Crippen molar-refractivity contribution in [2.75, 3.05) is 0 Å². The number of hydrogen-bond donors (Lipinski definition) is 1. The summed E-state index contributed by atoms with van der Waals surface area (Å²) in [4.78, 5) is 4.15. The first kappa shape index (κ1) is 13.1. The first-order valence-electron chi connectivity index (χ1n) is 8.13. The zero-order valence-corrected chi connectivity index (χ0v) is 12.3. The van der Waals surface area contributed by atoms with Crippen molar-refractivity contribution >= 4 is 10.8 Å². The molecule has 1 N–H and O–H groups in total. The SMILES string of the molecule is c1cc2cc(O[C@H]3CC[C@H](NC4CC4)CC3)ccc2cn1. The van der Waals surface area contributed by atoms with Crippen LogP contribution in [0.3, 0.4) is 0 Å². The average molecular weight is 282 g/mol. The maximum absolute atomic E-state index is 6.18. The van der Waals surface area contributed by atoms with Gasteiger partial charge in [-0.15, -0.1) is 0 Å². The lowest BCUT2D eigenvalue weighted by Gasteiger charge is -2.29. The Morgan fingerprint density at radius 3 is 2.43 bits per heavy atom. The van der Waals surface area contributed by atoms with Crippen LogP contribution < -0.4 is 10.1 Å². The number of aromatic nitrogens is 1. The second-order valence-corrected chi connectivity index (χ2v) is 6.42. The number of nitrogens with zero attached hydrogens (tertiary/aromatic N) is 1. The van der Waals surface area contributed by atoms with Gasteiger partial charge in [0.05, 0.1) is 6.10 Å². The quantitative estimate of drug-likeness (QED) is 0.929. The van der Waals surface area contributed by atoms with Crippen LogP contribution in [-0.2, 0) is 0 Å². The van der Waals surface area contributed by atoms with Crippen LogP contribution in [0.2, 0.25) is 0 Å². The van der Waals surface area contributed by atoms with Gasteiger partial charge in [-0.05, 0) is 68.2 Å². The minimum absolute atomic E-state index is 0.376. The van der Waals surface area contributed by atoms with Gasteiger partial charge < -0.3 is 10.1 Å². The molecule has 4 rings (SSSR count). The van der Waals surface area contributed by atoms with E-state index in [9.17, 15) is 0 Å². The summed E-state index contributed by atoms with van der Waals surface area (Å²) in [7, 11) is 0. The molecular weight excluding hydrogens is 260 g/mol. The highest BCUT2D eigenvalue weighted by Gasteiger charge is 2.28. The average Bonchev–Trinajstić information content (AvgIpc) is 3.33. The first-order chi connectivity index (χ1) is 10.4. The van der Waals surface area contributed by atoms with Crippen molar-refractivity contribution in [3.8, 4) is 5.75 Å². The van der Waals surface area contributed by atoms with Crippen LogP contribution in [0.5, 0.6) is 5.75 Å². The first-order valence-corrected chi connectivity index (χ1v) is 8.13. The fourth-order valence-corrected chi connectivity index (χ4v) is 3.26. The minimum Gasteiger partial charge on any atom is -0.490 e. The molecular formula is C18H22N2O. The van der Waals surface area contributed by atoms with Crippen molar-refractivity contribution in [1.29, 1.82) is 0 Å². The van der Waals surface area contributed by atoms with E-state index in [1.165, 1.54) is 49.3 Å². The largest absolute Gasteiger partial charge is 0.490 e. The lowest BCUT2D eigenvalue weighted by molar-refractivity contribution is 0.139. The monoisotopic (exact) mass is 282 g/mol. The standard InChI is InChI=1S/C18H22N2O/c1-6-18(11-13-9-10-19-12-14(1)13)21-17-7-4-16(5-8-17)20-15-2-3-15/h1,6,9-12,15-17,20H,2-5,7-8H2/t16-,17-. The summed E-state index contributed by atoms with van der Waals surface area (Å²) in [6, 6.07) is 9.88.